The first-order chi connectivity index (χ1) is 9.28. The molecule has 1 heterocycles. The van der Waals surface area contributed by atoms with Crippen LogP contribution in [0.4, 0.5) is 4.39 Å². The van der Waals surface area contributed by atoms with Crippen LogP contribution < -0.4 is 0 Å². The molecule has 0 amide bonds. The maximum atomic E-state index is 12.4. The van der Waals surface area contributed by atoms with Crippen molar-refractivity contribution in [1.29, 1.82) is 0 Å². The molecule has 0 unspecified atom stereocenters. The third-order valence-corrected chi connectivity index (χ3v) is 2.81. The molecule has 0 aliphatic carbocycles. The van der Waals surface area contributed by atoms with E-state index in [2.05, 4.69) is 48.0 Å². The van der Waals surface area contributed by atoms with Crippen LogP contribution in [0.5, 0.6) is 0 Å². The van der Waals surface area contributed by atoms with Gasteiger partial charge in [-0.3, -0.25) is 4.98 Å². The summed E-state index contributed by atoms with van der Waals surface area (Å²) in [5.74, 6) is 6.20. The van der Waals surface area contributed by atoms with Gasteiger partial charge in [0.2, 0.25) is 0 Å². The number of rotatable bonds is 3. The molecule has 1 nitrogen and oxygen atoms in total. The summed E-state index contributed by atoms with van der Waals surface area (Å²) >= 11 is 0. The van der Waals surface area contributed by atoms with Gasteiger partial charge >= 0.3 is 0 Å². The molecule has 0 saturated carbocycles. The maximum Gasteiger partial charge on any atom is 0.131 e. The van der Waals surface area contributed by atoms with Crippen molar-refractivity contribution in [2.75, 3.05) is 0 Å². The van der Waals surface area contributed by atoms with Crippen molar-refractivity contribution >= 4 is 0 Å². The molecule has 1 aromatic heterocycles. The number of aryl methyl sites for hydroxylation is 1. The number of halogens is 1. The number of hydrogen-bond acceptors (Lipinski definition) is 1. The van der Waals surface area contributed by atoms with Crippen LogP contribution in [-0.2, 0) is 19.5 Å². The second-order valence-corrected chi connectivity index (χ2v) is 4.45. The second-order valence-electron chi connectivity index (χ2n) is 4.45. The summed E-state index contributed by atoms with van der Waals surface area (Å²) in [5, 5.41) is 0. The van der Waals surface area contributed by atoms with E-state index in [1.54, 1.807) is 6.07 Å². The van der Waals surface area contributed by atoms with Gasteiger partial charge in [-0.25, -0.2) is 4.39 Å². The molecule has 0 aliphatic rings. The van der Waals surface area contributed by atoms with E-state index < -0.39 is 6.67 Å². The fourth-order valence-electron chi connectivity index (χ4n) is 1.73. The van der Waals surface area contributed by atoms with Crippen molar-refractivity contribution in [3.8, 4) is 11.8 Å². The topological polar surface area (TPSA) is 12.9 Å². The summed E-state index contributed by atoms with van der Waals surface area (Å²) < 4.78 is 12.4. The summed E-state index contributed by atoms with van der Waals surface area (Å²) in [5.41, 5.74) is 3.76. The average molecular weight is 253 g/mol. The van der Waals surface area contributed by atoms with Crippen LogP contribution >= 0.6 is 0 Å². The molecule has 2 heteroatoms. The number of pyridine rings is 1. The molecule has 1 aromatic carbocycles. The minimum absolute atomic E-state index is 0.470. The van der Waals surface area contributed by atoms with E-state index in [1.165, 1.54) is 11.1 Å². The molecular formula is C17H16FN. The Balaban J connectivity index is 1.92. The molecule has 0 N–H and O–H groups in total. The summed E-state index contributed by atoms with van der Waals surface area (Å²) in [6.45, 7) is 1.55. The molecule has 0 atom stereocenters. The molecule has 96 valence electrons. The van der Waals surface area contributed by atoms with Crippen LogP contribution in [0.25, 0.3) is 0 Å². The third-order valence-electron chi connectivity index (χ3n) is 2.81. The van der Waals surface area contributed by atoms with Crippen LogP contribution in [0.3, 0.4) is 0 Å². The predicted molar refractivity (Wildman–Crippen MR) is 75.4 cm³/mol. The van der Waals surface area contributed by atoms with E-state index in [0.717, 1.165) is 12.1 Å². The summed E-state index contributed by atoms with van der Waals surface area (Å²) in [6, 6.07) is 13.7. The van der Waals surface area contributed by atoms with Crippen molar-refractivity contribution in [3.05, 3.63) is 65.0 Å². The highest BCUT2D eigenvalue weighted by molar-refractivity contribution is 5.26. The molecule has 2 rings (SSSR count). The number of nitrogens with zero attached hydrogens (tertiary/aromatic N) is 1. The lowest BCUT2D eigenvalue weighted by Crippen LogP contribution is -1.92. The number of hydrogen-bond donors (Lipinski definition) is 0. The van der Waals surface area contributed by atoms with E-state index in [0.29, 0.717) is 12.1 Å². The zero-order valence-corrected chi connectivity index (χ0v) is 11.0. The fraction of sp³-hybridized carbons (Fsp3) is 0.235. The van der Waals surface area contributed by atoms with Gasteiger partial charge in [0.1, 0.15) is 6.67 Å². The molecule has 0 spiro atoms. The van der Waals surface area contributed by atoms with Gasteiger partial charge in [-0.2, -0.15) is 0 Å². The zero-order chi connectivity index (χ0) is 13.5. The van der Waals surface area contributed by atoms with E-state index in [4.69, 9.17) is 0 Å². The minimum atomic E-state index is -0.523. The van der Waals surface area contributed by atoms with E-state index in [1.807, 2.05) is 12.1 Å². The maximum absolute atomic E-state index is 12.4. The van der Waals surface area contributed by atoms with Crippen molar-refractivity contribution in [2.45, 2.75) is 26.4 Å². The van der Waals surface area contributed by atoms with Crippen LogP contribution in [0.15, 0.2) is 42.5 Å². The van der Waals surface area contributed by atoms with Gasteiger partial charge in [0.25, 0.3) is 0 Å². The fourth-order valence-corrected chi connectivity index (χ4v) is 1.73. The van der Waals surface area contributed by atoms with Crippen LogP contribution in [0.2, 0.25) is 0 Å². The Morgan fingerprint density at radius 3 is 2.37 bits per heavy atom. The Bertz CT molecular complexity index is 591. The van der Waals surface area contributed by atoms with Crippen molar-refractivity contribution < 1.29 is 4.39 Å². The zero-order valence-electron chi connectivity index (χ0n) is 11.0. The highest BCUT2D eigenvalue weighted by atomic mass is 19.1. The molecule has 0 fully saturated rings. The molecule has 19 heavy (non-hydrogen) atoms. The normalized spacial score (nSPS) is 9.79. The molecule has 0 radical (unpaired) electrons. The molecule has 2 aromatic rings. The molecular weight excluding hydrogens is 237 g/mol. The van der Waals surface area contributed by atoms with E-state index in [9.17, 15) is 4.39 Å². The van der Waals surface area contributed by atoms with Gasteiger partial charge in [0.15, 0.2) is 0 Å². The predicted octanol–water partition coefficient (Wildman–Crippen LogP) is 3.65. The first-order valence-electron chi connectivity index (χ1n) is 6.30. The Hall–Kier alpha value is -2.14. The Labute approximate surface area is 113 Å². The van der Waals surface area contributed by atoms with E-state index >= 15 is 0 Å². The van der Waals surface area contributed by atoms with Crippen LogP contribution in [0, 0.1) is 18.8 Å². The smallest absolute Gasteiger partial charge is 0.131 e. The van der Waals surface area contributed by atoms with Gasteiger partial charge in [0.05, 0.1) is 17.8 Å². The molecule has 0 bridgehead atoms. The van der Waals surface area contributed by atoms with Crippen molar-refractivity contribution in [3.63, 3.8) is 0 Å². The number of aromatic nitrogens is 1. The largest absolute Gasteiger partial charge is 0.254 e. The number of alkyl halides is 1. The highest BCUT2D eigenvalue weighted by Crippen LogP contribution is 2.04. The Kier molecular flexibility index (Phi) is 4.69. The molecule has 0 aliphatic heterocycles. The first kappa shape index (κ1) is 13.3. The summed E-state index contributed by atoms with van der Waals surface area (Å²) in [7, 11) is 0. The summed E-state index contributed by atoms with van der Waals surface area (Å²) in [4.78, 5) is 4.17. The minimum Gasteiger partial charge on any atom is -0.254 e. The summed E-state index contributed by atoms with van der Waals surface area (Å²) in [6.07, 6.45) is 1.31. The van der Waals surface area contributed by atoms with Crippen LogP contribution in [0.1, 0.15) is 22.5 Å². The lowest BCUT2D eigenvalue weighted by Gasteiger charge is -1.97. The third kappa shape index (κ3) is 4.22. The monoisotopic (exact) mass is 253 g/mol. The van der Waals surface area contributed by atoms with Gasteiger partial charge in [-0.1, -0.05) is 47.7 Å². The van der Waals surface area contributed by atoms with Crippen molar-refractivity contribution in [2.24, 2.45) is 0 Å². The van der Waals surface area contributed by atoms with Gasteiger partial charge in [0, 0.05) is 6.42 Å². The van der Waals surface area contributed by atoms with Gasteiger partial charge in [-0.15, -0.1) is 0 Å². The van der Waals surface area contributed by atoms with Crippen LogP contribution in [-0.4, -0.2) is 4.98 Å². The van der Waals surface area contributed by atoms with Gasteiger partial charge < -0.3 is 0 Å². The molecule has 0 saturated heterocycles. The van der Waals surface area contributed by atoms with Crippen molar-refractivity contribution in [1.82, 2.24) is 4.98 Å². The average Bonchev–Trinajstić information content (AvgIpc) is 2.46. The SMILES string of the molecule is Cc1ccc(CC#CCc2cccc(CF)n2)cc1. The lowest BCUT2D eigenvalue weighted by atomic mass is 10.1. The Morgan fingerprint density at radius 2 is 1.63 bits per heavy atom. The quantitative estimate of drug-likeness (QED) is 0.761. The van der Waals surface area contributed by atoms with E-state index in [-0.39, 0.29) is 0 Å². The van der Waals surface area contributed by atoms with Gasteiger partial charge in [-0.05, 0) is 24.6 Å². The first-order valence-corrected chi connectivity index (χ1v) is 6.30. The lowest BCUT2D eigenvalue weighted by molar-refractivity contribution is 0.475. The standard InChI is InChI=1S/C17H16FN/c1-14-9-11-15(12-10-14)5-2-3-6-16-7-4-8-17(13-18)19-16/h4,7-12H,5-6,13H2,1H3. The number of benzene rings is 1. The Morgan fingerprint density at radius 1 is 0.947 bits per heavy atom. The second kappa shape index (κ2) is 6.70. The highest BCUT2D eigenvalue weighted by Gasteiger charge is 1.95.